The fraction of sp³-hybridized carbons (Fsp3) is 0.600. The van der Waals surface area contributed by atoms with E-state index in [1.807, 2.05) is 0 Å². The van der Waals surface area contributed by atoms with Crippen molar-refractivity contribution in [1.82, 2.24) is 15.1 Å². The van der Waals surface area contributed by atoms with Crippen LogP contribution in [0, 0.1) is 0 Å². The van der Waals surface area contributed by atoms with Crippen molar-refractivity contribution in [2.75, 3.05) is 17.2 Å². The number of amides is 1. The van der Waals surface area contributed by atoms with Gasteiger partial charge in [-0.15, -0.1) is 0 Å². The first kappa shape index (κ1) is 12.9. The second kappa shape index (κ2) is 3.98. The van der Waals surface area contributed by atoms with E-state index in [0.29, 0.717) is 6.42 Å². The molecule has 3 N–H and O–H groups in total. The number of hydrogen-bond acceptors (Lipinski definition) is 5. The second-order valence-electron chi connectivity index (χ2n) is 4.92. The Labute approximate surface area is 105 Å². The lowest BCUT2D eigenvalue weighted by atomic mass is 10.0. The second-order valence-corrected chi connectivity index (χ2v) is 7.11. The van der Waals surface area contributed by atoms with Crippen molar-refractivity contribution in [1.29, 1.82) is 0 Å². The van der Waals surface area contributed by atoms with E-state index in [1.165, 1.54) is 10.9 Å². The third-order valence-corrected chi connectivity index (χ3v) is 5.05. The van der Waals surface area contributed by atoms with Gasteiger partial charge in [-0.2, -0.15) is 5.10 Å². The standard InChI is InChI=1S/C10H16N4O3S/c1-10(3-4-18(16,17)6-10)13-9(15)7-5-12-14(2)8(7)11/h5H,3-4,6,11H2,1-2H3,(H,13,15). The highest BCUT2D eigenvalue weighted by molar-refractivity contribution is 7.91. The van der Waals surface area contributed by atoms with Crippen LogP contribution in [0.25, 0.3) is 0 Å². The van der Waals surface area contributed by atoms with Gasteiger partial charge < -0.3 is 11.1 Å². The average molecular weight is 272 g/mol. The Morgan fingerprint density at radius 3 is 2.72 bits per heavy atom. The number of hydrogen-bond donors (Lipinski definition) is 2. The zero-order chi connectivity index (χ0) is 13.6. The van der Waals surface area contributed by atoms with Crippen LogP contribution in [0.15, 0.2) is 6.20 Å². The highest BCUT2D eigenvalue weighted by atomic mass is 32.2. The van der Waals surface area contributed by atoms with Gasteiger partial charge in [-0.3, -0.25) is 9.48 Å². The molecule has 1 unspecified atom stereocenters. The van der Waals surface area contributed by atoms with E-state index >= 15 is 0 Å². The summed E-state index contributed by atoms with van der Waals surface area (Å²) in [6.45, 7) is 1.72. The Kier molecular flexibility index (Phi) is 2.84. The first-order chi connectivity index (χ1) is 8.22. The molecule has 2 rings (SSSR count). The Hall–Kier alpha value is -1.57. The molecule has 100 valence electrons. The van der Waals surface area contributed by atoms with E-state index in [4.69, 9.17) is 5.73 Å². The third kappa shape index (κ3) is 2.33. The first-order valence-corrected chi connectivity index (χ1v) is 7.35. The molecule has 0 radical (unpaired) electrons. The van der Waals surface area contributed by atoms with Crippen molar-refractivity contribution in [2.45, 2.75) is 18.9 Å². The van der Waals surface area contributed by atoms with Crippen LogP contribution in [0.4, 0.5) is 5.82 Å². The van der Waals surface area contributed by atoms with E-state index < -0.39 is 15.4 Å². The van der Waals surface area contributed by atoms with Gasteiger partial charge in [0.1, 0.15) is 11.4 Å². The van der Waals surface area contributed by atoms with Crippen molar-refractivity contribution >= 4 is 21.6 Å². The molecular weight excluding hydrogens is 256 g/mol. The van der Waals surface area contributed by atoms with Crippen molar-refractivity contribution in [3.63, 3.8) is 0 Å². The molecule has 1 aromatic rings. The van der Waals surface area contributed by atoms with Gasteiger partial charge in [-0.05, 0) is 13.3 Å². The largest absolute Gasteiger partial charge is 0.383 e. The van der Waals surface area contributed by atoms with Crippen LogP contribution in [0.5, 0.6) is 0 Å². The van der Waals surface area contributed by atoms with E-state index in [0.717, 1.165) is 0 Å². The fourth-order valence-corrected chi connectivity index (χ4v) is 4.17. The molecule has 7 nitrogen and oxygen atoms in total. The molecular formula is C10H16N4O3S. The topological polar surface area (TPSA) is 107 Å². The van der Waals surface area contributed by atoms with E-state index in [-0.39, 0.29) is 28.8 Å². The molecule has 1 amide bonds. The maximum Gasteiger partial charge on any atom is 0.257 e. The summed E-state index contributed by atoms with van der Waals surface area (Å²) in [5, 5.41) is 6.61. The Bertz CT molecular complexity index is 592. The van der Waals surface area contributed by atoms with Gasteiger partial charge in [0.05, 0.1) is 23.2 Å². The summed E-state index contributed by atoms with van der Waals surface area (Å²) in [6, 6.07) is 0. The Morgan fingerprint density at radius 2 is 2.28 bits per heavy atom. The van der Waals surface area contributed by atoms with E-state index in [2.05, 4.69) is 10.4 Å². The van der Waals surface area contributed by atoms with Crippen molar-refractivity contribution in [3.8, 4) is 0 Å². The summed E-state index contributed by atoms with van der Waals surface area (Å²) in [5.41, 5.74) is 5.24. The maximum atomic E-state index is 12.0. The van der Waals surface area contributed by atoms with Gasteiger partial charge >= 0.3 is 0 Å². The number of nitrogens with one attached hydrogen (secondary N) is 1. The van der Waals surface area contributed by atoms with Gasteiger partial charge in [0.15, 0.2) is 9.84 Å². The minimum absolute atomic E-state index is 0.0358. The van der Waals surface area contributed by atoms with Gasteiger partial charge in [0.2, 0.25) is 0 Å². The third-order valence-electron chi connectivity index (χ3n) is 3.15. The maximum absolute atomic E-state index is 12.0. The molecule has 1 aliphatic heterocycles. The van der Waals surface area contributed by atoms with Gasteiger partial charge in [0.25, 0.3) is 5.91 Å². The molecule has 1 aliphatic rings. The number of aromatic nitrogens is 2. The molecule has 1 saturated heterocycles. The Balaban J connectivity index is 2.16. The number of carbonyl (C=O) groups is 1. The minimum Gasteiger partial charge on any atom is -0.383 e. The van der Waals surface area contributed by atoms with Crippen molar-refractivity contribution in [3.05, 3.63) is 11.8 Å². The van der Waals surface area contributed by atoms with E-state index in [1.54, 1.807) is 14.0 Å². The number of sulfone groups is 1. The average Bonchev–Trinajstić information content (AvgIpc) is 2.69. The highest BCUT2D eigenvalue weighted by Gasteiger charge is 2.39. The first-order valence-electron chi connectivity index (χ1n) is 5.53. The lowest BCUT2D eigenvalue weighted by Gasteiger charge is -2.23. The number of nitrogens with two attached hydrogens (primary N) is 1. The van der Waals surface area contributed by atoms with Gasteiger partial charge in [-0.25, -0.2) is 8.42 Å². The van der Waals surface area contributed by atoms with Crippen LogP contribution in [0.2, 0.25) is 0 Å². The number of nitrogen functional groups attached to an aromatic ring is 1. The molecule has 2 heterocycles. The number of carbonyl (C=O) groups excluding carboxylic acids is 1. The summed E-state index contributed by atoms with van der Waals surface area (Å²) in [4.78, 5) is 12.0. The predicted octanol–water partition coefficient (Wildman–Crippen LogP) is -0.691. The monoisotopic (exact) mass is 272 g/mol. The summed E-state index contributed by atoms with van der Waals surface area (Å²) >= 11 is 0. The summed E-state index contributed by atoms with van der Waals surface area (Å²) in [6.07, 6.45) is 1.79. The van der Waals surface area contributed by atoms with Gasteiger partial charge in [-0.1, -0.05) is 0 Å². The van der Waals surface area contributed by atoms with Crippen LogP contribution in [-0.2, 0) is 16.9 Å². The highest BCUT2D eigenvalue weighted by Crippen LogP contribution is 2.23. The SMILES string of the molecule is Cn1ncc(C(=O)NC2(C)CCS(=O)(=O)C2)c1N. The normalized spacial score (nSPS) is 26.1. The summed E-state index contributed by atoms with van der Waals surface area (Å²) in [5.74, 6) is -0.0600. The number of rotatable bonds is 2. The quantitative estimate of drug-likeness (QED) is 0.741. The minimum atomic E-state index is -3.05. The fourth-order valence-electron chi connectivity index (χ4n) is 2.07. The molecule has 18 heavy (non-hydrogen) atoms. The predicted molar refractivity (Wildman–Crippen MR) is 66.8 cm³/mol. The zero-order valence-corrected chi connectivity index (χ0v) is 11.1. The smallest absolute Gasteiger partial charge is 0.257 e. The molecule has 0 saturated carbocycles. The van der Waals surface area contributed by atoms with Crippen LogP contribution < -0.4 is 11.1 Å². The zero-order valence-electron chi connectivity index (χ0n) is 10.3. The molecule has 1 fully saturated rings. The summed E-state index contributed by atoms with van der Waals surface area (Å²) < 4.78 is 24.3. The van der Waals surface area contributed by atoms with Crippen LogP contribution >= 0.6 is 0 Å². The lowest BCUT2D eigenvalue weighted by molar-refractivity contribution is 0.0916. The molecule has 0 bridgehead atoms. The Morgan fingerprint density at radius 1 is 1.61 bits per heavy atom. The van der Waals surface area contributed by atoms with Crippen molar-refractivity contribution < 1.29 is 13.2 Å². The van der Waals surface area contributed by atoms with Crippen LogP contribution in [0.1, 0.15) is 23.7 Å². The van der Waals surface area contributed by atoms with Gasteiger partial charge in [0, 0.05) is 7.05 Å². The molecule has 0 aromatic carbocycles. The van der Waals surface area contributed by atoms with Crippen LogP contribution in [0.3, 0.4) is 0 Å². The number of anilines is 1. The molecule has 0 spiro atoms. The van der Waals surface area contributed by atoms with E-state index in [9.17, 15) is 13.2 Å². The number of nitrogens with zero attached hydrogens (tertiary/aromatic N) is 2. The molecule has 8 heteroatoms. The molecule has 1 atom stereocenters. The number of aryl methyl sites for hydroxylation is 1. The van der Waals surface area contributed by atoms with Crippen LogP contribution in [-0.4, -0.2) is 41.2 Å². The summed E-state index contributed by atoms with van der Waals surface area (Å²) in [7, 11) is -1.42. The molecule has 0 aliphatic carbocycles. The molecule has 1 aromatic heterocycles. The van der Waals surface area contributed by atoms with Crippen molar-refractivity contribution in [2.24, 2.45) is 7.05 Å². The lowest BCUT2D eigenvalue weighted by Crippen LogP contribution is -2.47.